The fourth-order valence-electron chi connectivity index (χ4n) is 5.93. The number of anilines is 1. The highest BCUT2D eigenvalue weighted by Gasteiger charge is 2.28. The van der Waals surface area contributed by atoms with E-state index < -0.39 is 6.23 Å². The van der Waals surface area contributed by atoms with Gasteiger partial charge < -0.3 is 24.5 Å². The molecule has 0 spiro atoms. The number of nitrogens with zero attached hydrogens (tertiary/aromatic N) is 4. The second-order valence-corrected chi connectivity index (χ2v) is 11.1. The van der Waals surface area contributed by atoms with Gasteiger partial charge in [-0.05, 0) is 96.8 Å². The smallest absolute Gasteiger partial charge is 0.252 e. The molecular weight excluding hydrogens is 476 g/mol. The Morgan fingerprint density at radius 2 is 1.82 bits per heavy atom. The minimum absolute atomic E-state index is 0.118. The van der Waals surface area contributed by atoms with Crippen molar-refractivity contribution in [3.05, 3.63) is 69.0 Å². The molecule has 4 rings (SSSR count). The van der Waals surface area contributed by atoms with E-state index in [4.69, 9.17) is 0 Å². The number of hydrogen-bond acceptors (Lipinski definition) is 6. The molecule has 1 fully saturated rings. The lowest BCUT2D eigenvalue weighted by molar-refractivity contribution is 0.136. The predicted octanol–water partition coefficient (Wildman–Crippen LogP) is 4.18. The first-order valence-corrected chi connectivity index (χ1v) is 13.8. The summed E-state index contributed by atoms with van der Waals surface area (Å²) in [5, 5.41) is 14.6. The fourth-order valence-corrected chi connectivity index (χ4v) is 5.93. The Labute approximate surface area is 226 Å². The number of aryl methyl sites for hydroxylation is 3. The summed E-state index contributed by atoms with van der Waals surface area (Å²) in [6.07, 6.45) is 7.55. The van der Waals surface area contributed by atoms with E-state index in [9.17, 15) is 9.90 Å². The summed E-state index contributed by atoms with van der Waals surface area (Å²) in [4.78, 5) is 24.9. The molecule has 2 aromatic heterocycles. The Hall–Kier alpha value is -2.94. The molecule has 1 aliphatic carbocycles. The first-order chi connectivity index (χ1) is 18.1. The molecule has 0 amide bonds. The van der Waals surface area contributed by atoms with Crippen LogP contribution in [-0.4, -0.2) is 57.3 Å². The van der Waals surface area contributed by atoms with E-state index in [1.807, 2.05) is 43.8 Å². The number of hydrogen-bond donors (Lipinski definition) is 3. The maximum absolute atomic E-state index is 12.5. The second-order valence-electron chi connectivity index (χ2n) is 11.1. The van der Waals surface area contributed by atoms with Crippen LogP contribution in [-0.2, 0) is 13.6 Å². The van der Waals surface area contributed by atoms with Gasteiger partial charge in [0.2, 0.25) is 0 Å². The number of aromatic nitrogens is 3. The van der Waals surface area contributed by atoms with Crippen molar-refractivity contribution in [1.29, 1.82) is 0 Å². The van der Waals surface area contributed by atoms with E-state index in [0.29, 0.717) is 17.6 Å². The van der Waals surface area contributed by atoms with Gasteiger partial charge in [-0.1, -0.05) is 0 Å². The molecule has 0 bridgehead atoms. The number of pyridine rings is 1. The van der Waals surface area contributed by atoms with Gasteiger partial charge in [-0.15, -0.1) is 0 Å². The lowest BCUT2D eigenvalue weighted by Gasteiger charge is -2.40. The van der Waals surface area contributed by atoms with Crippen LogP contribution < -0.4 is 15.8 Å². The van der Waals surface area contributed by atoms with Crippen LogP contribution in [0.3, 0.4) is 0 Å². The van der Waals surface area contributed by atoms with Gasteiger partial charge in [0.25, 0.3) is 5.56 Å². The number of H-pyrrole nitrogens is 1. The first-order valence-electron chi connectivity index (χ1n) is 13.8. The Balaban J connectivity index is 1.68. The number of aliphatic hydroxyl groups is 1. The maximum Gasteiger partial charge on any atom is 0.252 e. The standard InChI is InChI=1S/C30H44N6O2/c1-8-36(24-11-9-23(10-12-24)34(5)6)28-15-22(27-17-35(7)18-32-27)14-25(21(28)4)29(37)31-16-26-19(2)13-20(3)33-30(26)38/h13-15,17-18,23-24,29,31,37H,8-12,16H2,1-7H3,(H,33,38)/t23-,24-,29?. The van der Waals surface area contributed by atoms with Gasteiger partial charge in [0.15, 0.2) is 0 Å². The molecule has 1 aliphatic rings. The molecule has 1 unspecified atom stereocenters. The van der Waals surface area contributed by atoms with Crippen LogP contribution in [0.5, 0.6) is 0 Å². The lowest BCUT2D eigenvalue weighted by Crippen LogP contribution is -2.42. The van der Waals surface area contributed by atoms with E-state index in [1.54, 1.807) is 6.33 Å². The summed E-state index contributed by atoms with van der Waals surface area (Å²) < 4.78 is 1.94. The van der Waals surface area contributed by atoms with Crippen LogP contribution in [0.1, 0.15) is 66.8 Å². The number of aromatic amines is 1. The summed E-state index contributed by atoms with van der Waals surface area (Å²) in [6, 6.07) is 7.31. The third kappa shape index (κ3) is 6.03. The van der Waals surface area contributed by atoms with Crippen molar-refractivity contribution in [2.75, 3.05) is 25.5 Å². The van der Waals surface area contributed by atoms with Crippen molar-refractivity contribution >= 4 is 5.69 Å². The van der Waals surface area contributed by atoms with E-state index in [1.165, 1.54) is 12.8 Å². The Kier molecular flexibility index (Phi) is 8.75. The van der Waals surface area contributed by atoms with Crippen LogP contribution >= 0.6 is 0 Å². The van der Waals surface area contributed by atoms with Gasteiger partial charge in [0.05, 0.1) is 12.0 Å². The number of nitrogens with one attached hydrogen (secondary N) is 2. The summed E-state index contributed by atoms with van der Waals surface area (Å²) in [5.74, 6) is 0. The fraction of sp³-hybridized carbons (Fsp3) is 0.533. The molecule has 1 atom stereocenters. The molecule has 8 nitrogen and oxygen atoms in total. The van der Waals surface area contributed by atoms with Crippen molar-refractivity contribution in [3.8, 4) is 11.3 Å². The van der Waals surface area contributed by atoms with Gasteiger partial charge >= 0.3 is 0 Å². The summed E-state index contributed by atoms with van der Waals surface area (Å²) in [5.41, 5.74) is 7.13. The minimum atomic E-state index is -0.930. The maximum atomic E-state index is 12.5. The lowest BCUT2D eigenvalue weighted by atomic mass is 9.88. The molecule has 1 aromatic carbocycles. The van der Waals surface area contributed by atoms with Gasteiger partial charge in [-0.25, -0.2) is 4.98 Å². The quantitative estimate of drug-likeness (QED) is 0.367. The second kappa shape index (κ2) is 11.8. The number of aliphatic hydroxyl groups excluding tert-OH is 1. The first kappa shape index (κ1) is 28.1. The average molecular weight is 521 g/mol. The molecule has 2 heterocycles. The van der Waals surface area contributed by atoms with E-state index in [-0.39, 0.29) is 12.1 Å². The van der Waals surface area contributed by atoms with Gasteiger partial charge in [-0.2, -0.15) is 0 Å². The molecule has 206 valence electrons. The zero-order valence-electron chi connectivity index (χ0n) is 24.0. The van der Waals surface area contributed by atoms with Crippen molar-refractivity contribution in [1.82, 2.24) is 24.8 Å². The summed E-state index contributed by atoms with van der Waals surface area (Å²) >= 11 is 0. The molecule has 0 aliphatic heterocycles. The zero-order chi connectivity index (χ0) is 27.6. The normalized spacial score (nSPS) is 18.7. The Bertz CT molecular complexity index is 1300. The van der Waals surface area contributed by atoms with Crippen LogP contribution in [0.15, 0.2) is 35.5 Å². The van der Waals surface area contributed by atoms with Crippen LogP contribution in [0.25, 0.3) is 11.3 Å². The number of imidazole rings is 1. The average Bonchev–Trinajstić information content (AvgIpc) is 3.31. The van der Waals surface area contributed by atoms with Gasteiger partial charge in [0, 0.05) is 66.5 Å². The third-order valence-corrected chi connectivity index (χ3v) is 8.17. The minimum Gasteiger partial charge on any atom is -0.374 e. The van der Waals surface area contributed by atoms with Crippen molar-refractivity contribution < 1.29 is 5.11 Å². The largest absolute Gasteiger partial charge is 0.374 e. The highest BCUT2D eigenvalue weighted by molar-refractivity contribution is 5.70. The monoisotopic (exact) mass is 520 g/mol. The predicted molar refractivity (Wildman–Crippen MR) is 154 cm³/mol. The highest BCUT2D eigenvalue weighted by atomic mass is 16.3. The van der Waals surface area contributed by atoms with Crippen molar-refractivity contribution in [3.63, 3.8) is 0 Å². The topological polar surface area (TPSA) is 89.4 Å². The van der Waals surface area contributed by atoms with Crippen molar-refractivity contribution in [2.45, 2.75) is 78.2 Å². The van der Waals surface area contributed by atoms with E-state index in [2.05, 4.69) is 59.1 Å². The molecule has 3 N–H and O–H groups in total. The number of benzene rings is 1. The molecule has 0 radical (unpaired) electrons. The Morgan fingerprint density at radius 1 is 1.13 bits per heavy atom. The molecule has 0 saturated heterocycles. The molecule has 1 saturated carbocycles. The van der Waals surface area contributed by atoms with Crippen LogP contribution in [0.4, 0.5) is 5.69 Å². The number of rotatable bonds is 9. The van der Waals surface area contributed by atoms with Gasteiger partial charge in [-0.3, -0.25) is 10.1 Å². The SMILES string of the molecule is CCN(c1cc(-c2cn(C)cn2)cc(C(O)NCc2c(C)cc(C)[nH]c2=O)c1C)[C@H]1CC[C@H](N(C)C)CC1. The van der Waals surface area contributed by atoms with E-state index in [0.717, 1.165) is 58.7 Å². The molecule has 8 heteroatoms. The molecular formula is C30H44N6O2. The zero-order valence-corrected chi connectivity index (χ0v) is 24.0. The third-order valence-electron chi connectivity index (χ3n) is 8.17. The van der Waals surface area contributed by atoms with Crippen LogP contribution in [0, 0.1) is 20.8 Å². The molecule has 38 heavy (non-hydrogen) atoms. The van der Waals surface area contributed by atoms with Crippen molar-refractivity contribution in [2.24, 2.45) is 7.05 Å². The highest BCUT2D eigenvalue weighted by Crippen LogP contribution is 2.36. The van der Waals surface area contributed by atoms with Crippen LogP contribution in [0.2, 0.25) is 0 Å². The summed E-state index contributed by atoms with van der Waals surface area (Å²) in [7, 11) is 6.32. The Morgan fingerprint density at radius 3 is 2.39 bits per heavy atom. The summed E-state index contributed by atoms with van der Waals surface area (Å²) in [6.45, 7) is 9.28. The van der Waals surface area contributed by atoms with E-state index >= 15 is 0 Å². The molecule has 3 aromatic rings. The van der Waals surface area contributed by atoms with Gasteiger partial charge in [0.1, 0.15) is 6.23 Å².